The maximum absolute atomic E-state index is 11.5. The minimum Gasteiger partial charge on any atom is -0.463 e. The highest BCUT2D eigenvalue weighted by Crippen LogP contribution is 2.13. The van der Waals surface area contributed by atoms with E-state index in [1.807, 2.05) is 0 Å². The first-order valence-electron chi connectivity index (χ1n) is 5.86. The SMILES string of the molecule is CC1=NNC(=O)[C@H]1CCC(=O)N/N=C\c1ccco1. The van der Waals surface area contributed by atoms with Gasteiger partial charge in [0.2, 0.25) is 11.8 Å². The molecule has 2 amide bonds. The van der Waals surface area contributed by atoms with Crippen LogP contribution in [-0.4, -0.2) is 23.7 Å². The van der Waals surface area contributed by atoms with Gasteiger partial charge in [-0.1, -0.05) is 0 Å². The molecule has 0 saturated carbocycles. The molecular weight excluding hydrogens is 248 g/mol. The molecule has 0 fully saturated rings. The number of hydrogen-bond acceptors (Lipinski definition) is 5. The minimum absolute atomic E-state index is 0.163. The number of nitrogens with zero attached hydrogens (tertiary/aromatic N) is 2. The number of nitrogens with one attached hydrogen (secondary N) is 2. The van der Waals surface area contributed by atoms with E-state index in [0.717, 1.165) is 0 Å². The second-order valence-corrected chi connectivity index (χ2v) is 4.13. The van der Waals surface area contributed by atoms with Crippen molar-refractivity contribution >= 4 is 23.7 Å². The van der Waals surface area contributed by atoms with Gasteiger partial charge in [-0.25, -0.2) is 10.9 Å². The standard InChI is InChI=1S/C12H14N4O3/c1-8-10(12(18)16-14-8)4-5-11(17)15-13-7-9-3-2-6-19-9/h2-3,6-7,10H,4-5H2,1H3,(H,15,17)(H,16,18)/b13-7-/t10-/m0/s1. The number of carbonyl (C=O) groups is 2. The predicted octanol–water partition coefficient (Wildman–Crippen LogP) is 0.632. The monoisotopic (exact) mass is 262 g/mol. The molecule has 1 aromatic heterocycles. The van der Waals surface area contributed by atoms with Gasteiger partial charge < -0.3 is 4.42 Å². The molecule has 100 valence electrons. The van der Waals surface area contributed by atoms with Gasteiger partial charge in [-0.05, 0) is 25.5 Å². The lowest BCUT2D eigenvalue weighted by atomic mass is 9.99. The van der Waals surface area contributed by atoms with Crippen molar-refractivity contribution in [2.75, 3.05) is 0 Å². The summed E-state index contributed by atoms with van der Waals surface area (Å²) in [4.78, 5) is 22.9. The summed E-state index contributed by atoms with van der Waals surface area (Å²) in [6, 6.07) is 3.45. The Hall–Kier alpha value is -2.44. The van der Waals surface area contributed by atoms with Crippen LogP contribution >= 0.6 is 0 Å². The number of hydrazone groups is 2. The number of hydrogen-bond donors (Lipinski definition) is 2. The van der Waals surface area contributed by atoms with Crippen LogP contribution < -0.4 is 10.9 Å². The van der Waals surface area contributed by atoms with Crippen molar-refractivity contribution in [1.82, 2.24) is 10.9 Å². The van der Waals surface area contributed by atoms with Crippen molar-refractivity contribution in [2.45, 2.75) is 19.8 Å². The van der Waals surface area contributed by atoms with Crippen LogP contribution in [0.3, 0.4) is 0 Å². The largest absolute Gasteiger partial charge is 0.463 e. The van der Waals surface area contributed by atoms with Gasteiger partial charge in [-0.15, -0.1) is 0 Å². The van der Waals surface area contributed by atoms with Gasteiger partial charge in [0.15, 0.2) is 0 Å². The molecule has 1 atom stereocenters. The molecule has 0 aromatic carbocycles. The number of furan rings is 1. The molecular formula is C12H14N4O3. The zero-order valence-electron chi connectivity index (χ0n) is 10.4. The first-order valence-corrected chi connectivity index (χ1v) is 5.86. The van der Waals surface area contributed by atoms with E-state index in [4.69, 9.17) is 4.42 Å². The molecule has 1 aliphatic heterocycles. The van der Waals surface area contributed by atoms with Crippen LogP contribution in [-0.2, 0) is 9.59 Å². The van der Waals surface area contributed by atoms with Gasteiger partial charge in [-0.3, -0.25) is 9.59 Å². The van der Waals surface area contributed by atoms with Crippen LogP contribution in [0.5, 0.6) is 0 Å². The molecule has 19 heavy (non-hydrogen) atoms. The van der Waals surface area contributed by atoms with E-state index in [-0.39, 0.29) is 24.2 Å². The van der Waals surface area contributed by atoms with Crippen LogP contribution in [0.1, 0.15) is 25.5 Å². The van der Waals surface area contributed by atoms with Crippen LogP contribution in [0.15, 0.2) is 33.0 Å². The summed E-state index contributed by atoms with van der Waals surface area (Å²) in [5, 5.41) is 7.56. The Bertz CT molecular complexity index is 519. The Morgan fingerprint density at radius 3 is 3.16 bits per heavy atom. The van der Waals surface area contributed by atoms with Crippen molar-refractivity contribution in [3.05, 3.63) is 24.2 Å². The van der Waals surface area contributed by atoms with E-state index < -0.39 is 0 Å². The average Bonchev–Trinajstić information content (AvgIpc) is 2.99. The van der Waals surface area contributed by atoms with Gasteiger partial charge in [0, 0.05) is 12.1 Å². The van der Waals surface area contributed by atoms with Crippen molar-refractivity contribution in [3.63, 3.8) is 0 Å². The minimum atomic E-state index is -0.320. The van der Waals surface area contributed by atoms with E-state index >= 15 is 0 Å². The normalized spacial score (nSPS) is 18.5. The lowest BCUT2D eigenvalue weighted by Gasteiger charge is -2.05. The Balaban J connectivity index is 1.73. The number of amides is 2. The molecule has 7 heteroatoms. The molecule has 0 bridgehead atoms. The third kappa shape index (κ3) is 3.51. The Morgan fingerprint density at radius 2 is 2.53 bits per heavy atom. The lowest BCUT2D eigenvalue weighted by molar-refractivity contribution is -0.123. The first-order chi connectivity index (χ1) is 9.16. The molecule has 7 nitrogen and oxygen atoms in total. The molecule has 2 heterocycles. The lowest BCUT2D eigenvalue weighted by Crippen LogP contribution is -2.25. The Morgan fingerprint density at radius 1 is 1.68 bits per heavy atom. The van der Waals surface area contributed by atoms with Crippen LogP contribution in [0.25, 0.3) is 0 Å². The highest BCUT2D eigenvalue weighted by molar-refractivity contribution is 6.07. The third-order valence-corrected chi connectivity index (χ3v) is 2.75. The maximum atomic E-state index is 11.5. The Kier molecular flexibility index (Phi) is 4.07. The van der Waals surface area contributed by atoms with E-state index in [0.29, 0.717) is 17.9 Å². The summed E-state index contributed by atoms with van der Waals surface area (Å²) in [6.07, 6.45) is 3.56. The summed E-state index contributed by atoms with van der Waals surface area (Å²) < 4.78 is 5.02. The second-order valence-electron chi connectivity index (χ2n) is 4.13. The second kappa shape index (κ2) is 5.94. The van der Waals surface area contributed by atoms with Crippen molar-refractivity contribution < 1.29 is 14.0 Å². The van der Waals surface area contributed by atoms with Crippen molar-refractivity contribution in [1.29, 1.82) is 0 Å². The molecule has 0 unspecified atom stereocenters. The molecule has 0 spiro atoms. The molecule has 1 aromatic rings. The van der Waals surface area contributed by atoms with Crippen LogP contribution in [0.2, 0.25) is 0 Å². The summed E-state index contributed by atoms with van der Waals surface area (Å²) in [6.45, 7) is 1.76. The van der Waals surface area contributed by atoms with Gasteiger partial charge in [0.05, 0.1) is 18.4 Å². The van der Waals surface area contributed by atoms with Crippen molar-refractivity contribution in [3.8, 4) is 0 Å². The summed E-state index contributed by atoms with van der Waals surface area (Å²) in [5.74, 6) is -0.182. The molecule has 1 aliphatic rings. The summed E-state index contributed by atoms with van der Waals surface area (Å²) >= 11 is 0. The zero-order valence-corrected chi connectivity index (χ0v) is 10.4. The number of carbonyl (C=O) groups excluding carboxylic acids is 2. The van der Waals surface area contributed by atoms with Gasteiger partial charge in [-0.2, -0.15) is 10.2 Å². The van der Waals surface area contributed by atoms with Gasteiger partial charge in [0.25, 0.3) is 0 Å². The molecule has 0 saturated heterocycles. The fraction of sp³-hybridized carbons (Fsp3) is 0.333. The van der Waals surface area contributed by atoms with Crippen molar-refractivity contribution in [2.24, 2.45) is 16.1 Å². The maximum Gasteiger partial charge on any atom is 0.248 e. The molecule has 0 aliphatic carbocycles. The molecule has 0 radical (unpaired) electrons. The molecule has 2 rings (SSSR count). The fourth-order valence-electron chi connectivity index (χ4n) is 1.69. The highest BCUT2D eigenvalue weighted by Gasteiger charge is 2.26. The third-order valence-electron chi connectivity index (χ3n) is 2.75. The zero-order chi connectivity index (χ0) is 13.7. The Labute approximate surface area is 109 Å². The van der Waals surface area contributed by atoms with Crippen LogP contribution in [0, 0.1) is 5.92 Å². The summed E-state index contributed by atoms with van der Waals surface area (Å²) in [5.41, 5.74) is 5.46. The van der Waals surface area contributed by atoms with E-state index in [9.17, 15) is 9.59 Å². The van der Waals surface area contributed by atoms with Crippen LogP contribution in [0.4, 0.5) is 0 Å². The smallest absolute Gasteiger partial charge is 0.248 e. The summed E-state index contributed by atoms with van der Waals surface area (Å²) in [7, 11) is 0. The fourth-order valence-corrected chi connectivity index (χ4v) is 1.69. The van der Waals surface area contributed by atoms with Gasteiger partial charge in [0.1, 0.15) is 5.76 Å². The van der Waals surface area contributed by atoms with E-state index in [1.54, 1.807) is 19.1 Å². The first kappa shape index (κ1) is 13.0. The van der Waals surface area contributed by atoms with E-state index in [1.165, 1.54) is 12.5 Å². The predicted molar refractivity (Wildman–Crippen MR) is 68.4 cm³/mol. The van der Waals surface area contributed by atoms with E-state index in [2.05, 4.69) is 21.1 Å². The quantitative estimate of drug-likeness (QED) is 0.601. The average molecular weight is 262 g/mol. The highest BCUT2D eigenvalue weighted by atomic mass is 16.3. The topological polar surface area (TPSA) is 96.1 Å². The van der Waals surface area contributed by atoms with Gasteiger partial charge >= 0.3 is 0 Å². The molecule has 2 N–H and O–H groups in total. The number of rotatable bonds is 5.